The average Bonchev–Trinajstić information content (AvgIpc) is 2.91. The lowest BCUT2D eigenvalue weighted by Crippen LogP contribution is -2.05. The molecule has 0 amide bonds. The predicted octanol–water partition coefficient (Wildman–Crippen LogP) is 2.29. The molecule has 0 aliphatic heterocycles. The molecule has 0 aromatic carbocycles. The first-order valence-electron chi connectivity index (χ1n) is 6.84. The zero-order valence-electron chi connectivity index (χ0n) is 12.0. The average molecular weight is 319 g/mol. The molecule has 1 N–H and O–H groups in total. The highest BCUT2D eigenvalue weighted by atomic mass is 35.5. The SMILES string of the molecule is Cc1cc(-n2ncc3cc(Cl)nc(COCCO)c32)ccn1. The molecule has 0 saturated heterocycles. The number of nitrogens with zero attached hydrogens (tertiary/aromatic N) is 4. The molecule has 0 radical (unpaired) electrons. The minimum Gasteiger partial charge on any atom is -0.394 e. The van der Waals surface area contributed by atoms with Crippen LogP contribution in [0.4, 0.5) is 0 Å². The zero-order valence-corrected chi connectivity index (χ0v) is 12.8. The zero-order chi connectivity index (χ0) is 15.5. The molecule has 0 saturated carbocycles. The Bertz CT molecular complexity index is 803. The van der Waals surface area contributed by atoms with Gasteiger partial charge in [-0.1, -0.05) is 11.6 Å². The van der Waals surface area contributed by atoms with E-state index in [0.29, 0.717) is 10.8 Å². The number of fused-ring (bicyclic) bond motifs is 1. The molecule has 3 aromatic heterocycles. The van der Waals surface area contributed by atoms with E-state index in [0.717, 1.165) is 22.3 Å². The molecule has 3 heterocycles. The van der Waals surface area contributed by atoms with Crippen LogP contribution in [-0.2, 0) is 11.3 Å². The van der Waals surface area contributed by atoms with Crippen molar-refractivity contribution >= 4 is 22.5 Å². The van der Waals surface area contributed by atoms with Crippen LogP contribution in [0, 0.1) is 6.92 Å². The van der Waals surface area contributed by atoms with Gasteiger partial charge in [-0.25, -0.2) is 9.67 Å². The number of pyridine rings is 2. The number of ether oxygens (including phenoxy) is 1. The van der Waals surface area contributed by atoms with Crippen LogP contribution >= 0.6 is 11.6 Å². The molecule has 22 heavy (non-hydrogen) atoms. The Morgan fingerprint density at radius 2 is 2.23 bits per heavy atom. The lowest BCUT2D eigenvalue weighted by atomic mass is 10.2. The Labute approximate surface area is 132 Å². The number of aromatic nitrogens is 4. The molecule has 3 aromatic rings. The second kappa shape index (κ2) is 6.39. The molecule has 0 fully saturated rings. The van der Waals surface area contributed by atoms with Gasteiger partial charge in [0.2, 0.25) is 0 Å². The third kappa shape index (κ3) is 2.94. The molecule has 0 unspecified atom stereocenters. The summed E-state index contributed by atoms with van der Waals surface area (Å²) >= 11 is 6.05. The van der Waals surface area contributed by atoms with Crippen molar-refractivity contribution in [2.45, 2.75) is 13.5 Å². The molecule has 114 valence electrons. The summed E-state index contributed by atoms with van der Waals surface area (Å²) in [4.78, 5) is 8.53. The molecule has 0 bridgehead atoms. The van der Waals surface area contributed by atoms with Crippen molar-refractivity contribution < 1.29 is 9.84 Å². The Morgan fingerprint density at radius 1 is 1.36 bits per heavy atom. The summed E-state index contributed by atoms with van der Waals surface area (Å²) in [5.41, 5.74) is 3.33. The summed E-state index contributed by atoms with van der Waals surface area (Å²) in [6.07, 6.45) is 3.48. The van der Waals surface area contributed by atoms with Gasteiger partial charge in [-0.2, -0.15) is 5.10 Å². The Balaban J connectivity index is 2.11. The van der Waals surface area contributed by atoms with Gasteiger partial charge in [0.15, 0.2) is 0 Å². The predicted molar refractivity (Wildman–Crippen MR) is 83.1 cm³/mol. The van der Waals surface area contributed by atoms with E-state index in [1.807, 2.05) is 19.1 Å². The normalized spacial score (nSPS) is 11.2. The van der Waals surface area contributed by atoms with Gasteiger partial charge >= 0.3 is 0 Å². The van der Waals surface area contributed by atoms with Gasteiger partial charge < -0.3 is 9.84 Å². The molecular weight excluding hydrogens is 304 g/mol. The summed E-state index contributed by atoms with van der Waals surface area (Å²) in [5, 5.41) is 14.5. The highest BCUT2D eigenvalue weighted by Gasteiger charge is 2.13. The number of hydrogen-bond donors (Lipinski definition) is 1. The summed E-state index contributed by atoms with van der Waals surface area (Å²) in [5.74, 6) is 0. The maximum Gasteiger partial charge on any atom is 0.130 e. The van der Waals surface area contributed by atoms with Crippen LogP contribution in [0.3, 0.4) is 0 Å². The van der Waals surface area contributed by atoms with Crippen LogP contribution in [0.5, 0.6) is 0 Å². The fraction of sp³-hybridized carbons (Fsp3) is 0.267. The second-order valence-corrected chi connectivity index (χ2v) is 5.20. The standard InChI is InChI=1S/C15H15ClN4O2/c1-10-6-12(2-3-17-10)20-15-11(8-18-20)7-14(16)19-13(15)9-22-5-4-21/h2-3,6-8,21H,4-5,9H2,1H3. The van der Waals surface area contributed by atoms with Gasteiger partial charge in [0.1, 0.15) is 5.15 Å². The van der Waals surface area contributed by atoms with E-state index in [1.165, 1.54) is 0 Å². The van der Waals surface area contributed by atoms with Crippen LogP contribution in [-0.4, -0.2) is 38.1 Å². The fourth-order valence-corrected chi connectivity index (χ4v) is 2.51. The molecule has 0 aliphatic rings. The quantitative estimate of drug-likeness (QED) is 0.577. The van der Waals surface area contributed by atoms with Gasteiger partial charge in [0.25, 0.3) is 0 Å². The Hall–Kier alpha value is -2.02. The van der Waals surface area contributed by atoms with E-state index in [1.54, 1.807) is 23.1 Å². The van der Waals surface area contributed by atoms with Crippen LogP contribution in [0.25, 0.3) is 16.6 Å². The van der Waals surface area contributed by atoms with Gasteiger partial charge in [0.05, 0.1) is 42.9 Å². The minimum absolute atomic E-state index is 0.0352. The van der Waals surface area contributed by atoms with Crippen molar-refractivity contribution in [1.82, 2.24) is 19.7 Å². The Morgan fingerprint density at radius 3 is 3.00 bits per heavy atom. The first kappa shape index (κ1) is 14.9. The van der Waals surface area contributed by atoms with Crippen LogP contribution in [0.2, 0.25) is 5.15 Å². The van der Waals surface area contributed by atoms with Gasteiger partial charge in [-0.05, 0) is 25.1 Å². The summed E-state index contributed by atoms with van der Waals surface area (Å²) in [6, 6.07) is 5.59. The van der Waals surface area contributed by atoms with E-state index in [4.69, 9.17) is 21.4 Å². The van der Waals surface area contributed by atoms with Crippen molar-refractivity contribution in [3.63, 3.8) is 0 Å². The topological polar surface area (TPSA) is 73.1 Å². The largest absolute Gasteiger partial charge is 0.394 e. The highest BCUT2D eigenvalue weighted by Crippen LogP contribution is 2.24. The number of aryl methyl sites for hydroxylation is 1. The van der Waals surface area contributed by atoms with E-state index in [2.05, 4.69) is 15.1 Å². The van der Waals surface area contributed by atoms with Gasteiger partial charge in [0, 0.05) is 17.3 Å². The molecule has 6 nitrogen and oxygen atoms in total. The lowest BCUT2D eigenvalue weighted by molar-refractivity contribution is 0.0802. The summed E-state index contributed by atoms with van der Waals surface area (Å²) in [7, 11) is 0. The van der Waals surface area contributed by atoms with Crippen molar-refractivity contribution in [2.24, 2.45) is 0 Å². The van der Waals surface area contributed by atoms with E-state index >= 15 is 0 Å². The first-order chi connectivity index (χ1) is 10.7. The summed E-state index contributed by atoms with van der Waals surface area (Å²) < 4.78 is 7.19. The molecule has 3 rings (SSSR count). The van der Waals surface area contributed by atoms with Crippen molar-refractivity contribution in [1.29, 1.82) is 0 Å². The highest BCUT2D eigenvalue weighted by molar-refractivity contribution is 6.30. The van der Waals surface area contributed by atoms with Crippen LogP contribution < -0.4 is 0 Å². The number of hydrogen-bond acceptors (Lipinski definition) is 5. The number of aliphatic hydroxyl groups is 1. The monoisotopic (exact) mass is 318 g/mol. The van der Waals surface area contributed by atoms with Crippen molar-refractivity contribution in [2.75, 3.05) is 13.2 Å². The maximum absolute atomic E-state index is 8.84. The van der Waals surface area contributed by atoms with Gasteiger partial charge in [-0.3, -0.25) is 4.98 Å². The van der Waals surface area contributed by atoms with Crippen molar-refractivity contribution in [3.8, 4) is 5.69 Å². The number of halogens is 1. The van der Waals surface area contributed by atoms with Gasteiger partial charge in [-0.15, -0.1) is 0 Å². The second-order valence-electron chi connectivity index (χ2n) is 4.82. The third-order valence-corrected chi connectivity index (χ3v) is 3.38. The first-order valence-corrected chi connectivity index (χ1v) is 7.21. The Kier molecular flexibility index (Phi) is 4.33. The smallest absolute Gasteiger partial charge is 0.130 e. The lowest BCUT2D eigenvalue weighted by Gasteiger charge is -2.09. The molecular formula is C15H15ClN4O2. The van der Waals surface area contributed by atoms with Crippen LogP contribution in [0.15, 0.2) is 30.6 Å². The van der Waals surface area contributed by atoms with E-state index in [9.17, 15) is 0 Å². The minimum atomic E-state index is -0.0352. The van der Waals surface area contributed by atoms with E-state index in [-0.39, 0.29) is 19.8 Å². The maximum atomic E-state index is 8.84. The van der Waals surface area contributed by atoms with E-state index < -0.39 is 0 Å². The molecule has 0 aliphatic carbocycles. The fourth-order valence-electron chi connectivity index (χ4n) is 2.29. The molecule has 0 atom stereocenters. The number of aliphatic hydroxyl groups excluding tert-OH is 1. The van der Waals surface area contributed by atoms with Crippen molar-refractivity contribution in [3.05, 3.63) is 47.1 Å². The number of rotatable bonds is 5. The van der Waals surface area contributed by atoms with Crippen LogP contribution in [0.1, 0.15) is 11.4 Å². The third-order valence-electron chi connectivity index (χ3n) is 3.19. The summed E-state index contributed by atoms with van der Waals surface area (Å²) in [6.45, 7) is 2.40. The molecule has 0 spiro atoms. The molecule has 7 heteroatoms.